The molecule has 0 saturated carbocycles. The Hall–Kier alpha value is -2.14. The number of nitrogens with zero attached hydrogens (tertiary/aromatic N) is 2. The standard InChI is InChI=1S/C16H21N3O2/c1-12(11-20)13(2)18-16(21)15-8-17-19(10-15)9-14-6-4-3-5-7-14/h3-8,10,12-13,20H,9,11H2,1-2H3,(H,18,21). The van der Waals surface area contributed by atoms with Crippen LogP contribution in [0.3, 0.4) is 0 Å². The monoisotopic (exact) mass is 287 g/mol. The van der Waals surface area contributed by atoms with Crippen LogP contribution >= 0.6 is 0 Å². The first kappa shape index (κ1) is 15.3. The van der Waals surface area contributed by atoms with Gasteiger partial charge in [0.15, 0.2) is 0 Å². The largest absolute Gasteiger partial charge is 0.396 e. The van der Waals surface area contributed by atoms with Gasteiger partial charge in [0.05, 0.1) is 18.3 Å². The highest BCUT2D eigenvalue weighted by molar-refractivity contribution is 5.93. The van der Waals surface area contributed by atoms with Crippen molar-refractivity contribution in [3.8, 4) is 0 Å². The summed E-state index contributed by atoms with van der Waals surface area (Å²) in [4.78, 5) is 12.1. The predicted molar refractivity (Wildman–Crippen MR) is 80.9 cm³/mol. The molecule has 2 unspecified atom stereocenters. The normalized spacial score (nSPS) is 13.7. The van der Waals surface area contributed by atoms with E-state index in [1.54, 1.807) is 17.1 Å². The molecule has 2 aromatic rings. The van der Waals surface area contributed by atoms with Crippen molar-refractivity contribution >= 4 is 5.91 Å². The average Bonchev–Trinajstić information content (AvgIpc) is 2.96. The molecule has 5 heteroatoms. The van der Waals surface area contributed by atoms with E-state index in [9.17, 15) is 4.79 Å². The van der Waals surface area contributed by atoms with Crippen LogP contribution in [0, 0.1) is 5.92 Å². The van der Waals surface area contributed by atoms with Gasteiger partial charge in [-0.05, 0) is 18.4 Å². The van der Waals surface area contributed by atoms with Crippen molar-refractivity contribution in [3.63, 3.8) is 0 Å². The zero-order valence-electron chi connectivity index (χ0n) is 12.4. The lowest BCUT2D eigenvalue weighted by atomic mass is 10.1. The maximum Gasteiger partial charge on any atom is 0.254 e. The van der Waals surface area contributed by atoms with E-state index in [1.165, 1.54) is 0 Å². The number of hydrogen-bond acceptors (Lipinski definition) is 3. The zero-order valence-corrected chi connectivity index (χ0v) is 12.4. The molecule has 0 spiro atoms. The van der Waals surface area contributed by atoms with Crippen LogP contribution in [0.15, 0.2) is 42.7 Å². The van der Waals surface area contributed by atoms with Crippen molar-refractivity contribution in [2.45, 2.75) is 26.4 Å². The van der Waals surface area contributed by atoms with Crippen LogP contribution in [0.25, 0.3) is 0 Å². The van der Waals surface area contributed by atoms with Crippen molar-refractivity contribution in [1.29, 1.82) is 0 Å². The molecule has 1 aromatic heterocycles. The third kappa shape index (κ3) is 4.16. The Labute approximate surface area is 124 Å². The molecular weight excluding hydrogens is 266 g/mol. The second kappa shape index (κ2) is 7.04. The van der Waals surface area contributed by atoms with Crippen molar-refractivity contribution in [2.75, 3.05) is 6.61 Å². The third-order valence-electron chi connectivity index (χ3n) is 3.58. The van der Waals surface area contributed by atoms with E-state index in [1.807, 2.05) is 44.2 Å². The van der Waals surface area contributed by atoms with Crippen molar-refractivity contribution in [2.24, 2.45) is 5.92 Å². The number of carbonyl (C=O) groups is 1. The van der Waals surface area contributed by atoms with Crippen LogP contribution in [0.2, 0.25) is 0 Å². The number of aliphatic hydroxyl groups is 1. The third-order valence-corrected chi connectivity index (χ3v) is 3.58. The zero-order chi connectivity index (χ0) is 15.2. The highest BCUT2D eigenvalue weighted by atomic mass is 16.3. The molecule has 112 valence electrons. The van der Waals surface area contributed by atoms with Crippen LogP contribution < -0.4 is 5.32 Å². The average molecular weight is 287 g/mol. The number of hydrogen-bond donors (Lipinski definition) is 2. The summed E-state index contributed by atoms with van der Waals surface area (Å²) in [6.07, 6.45) is 3.30. The molecule has 1 amide bonds. The lowest BCUT2D eigenvalue weighted by Gasteiger charge is -2.18. The van der Waals surface area contributed by atoms with Gasteiger partial charge in [-0.3, -0.25) is 9.48 Å². The number of amides is 1. The summed E-state index contributed by atoms with van der Waals surface area (Å²) < 4.78 is 1.74. The summed E-state index contributed by atoms with van der Waals surface area (Å²) in [6, 6.07) is 9.88. The van der Waals surface area contributed by atoms with Crippen LogP contribution in [-0.2, 0) is 6.54 Å². The number of aromatic nitrogens is 2. The molecular formula is C16H21N3O2. The Morgan fingerprint density at radius 3 is 2.71 bits per heavy atom. The molecule has 5 nitrogen and oxygen atoms in total. The topological polar surface area (TPSA) is 67.2 Å². The Kier molecular flexibility index (Phi) is 5.11. The van der Waals surface area contributed by atoms with E-state index < -0.39 is 0 Å². The van der Waals surface area contributed by atoms with Gasteiger partial charge in [0.1, 0.15) is 0 Å². The second-order valence-electron chi connectivity index (χ2n) is 5.33. The van der Waals surface area contributed by atoms with Gasteiger partial charge in [0.25, 0.3) is 5.91 Å². The molecule has 21 heavy (non-hydrogen) atoms. The van der Waals surface area contributed by atoms with Gasteiger partial charge in [-0.15, -0.1) is 0 Å². The summed E-state index contributed by atoms with van der Waals surface area (Å²) in [5, 5.41) is 16.2. The Morgan fingerprint density at radius 1 is 1.33 bits per heavy atom. The van der Waals surface area contributed by atoms with Crippen LogP contribution in [0.4, 0.5) is 0 Å². The molecule has 0 bridgehead atoms. The number of rotatable bonds is 6. The molecule has 0 aliphatic carbocycles. The Bertz CT molecular complexity index is 580. The van der Waals surface area contributed by atoms with Gasteiger partial charge in [0.2, 0.25) is 0 Å². The fourth-order valence-electron chi connectivity index (χ4n) is 1.93. The van der Waals surface area contributed by atoms with Crippen LogP contribution in [0.1, 0.15) is 29.8 Å². The lowest BCUT2D eigenvalue weighted by molar-refractivity contribution is 0.0916. The SMILES string of the molecule is CC(CO)C(C)NC(=O)c1cnn(Cc2ccccc2)c1. The minimum absolute atomic E-state index is 0.0216. The fourth-order valence-corrected chi connectivity index (χ4v) is 1.93. The van der Waals surface area contributed by atoms with Gasteiger partial charge < -0.3 is 10.4 Å². The molecule has 0 aliphatic rings. The lowest BCUT2D eigenvalue weighted by Crippen LogP contribution is -2.38. The molecule has 0 radical (unpaired) electrons. The summed E-state index contributed by atoms with van der Waals surface area (Å²) >= 11 is 0. The number of benzene rings is 1. The Balaban J connectivity index is 1.98. The van der Waals surface area contributed by atoms with E-state index in [4.69, 9.17) is 5.11 Å². The highest BCUT2D eigenvalue weighted by Gasteiger charge is 2.16. The molecule has 1 heterocycles. The van der Waals surface area contributed by atoms with E-state index >= 15 is 0 Å². The molecule has 0 fully saturated rings. The summed E-state index contributed by atoms with van der Waals surface area (Å²) in [6.45, 7) is 4.46. The first-order valence-corrected chi connectivity index (χ1v) is 7.08. The first-order valence-electron chi connectivity index (χ1n) is 7.08. The molecule has 1 aromatic carbocycles. The van der Waals surface area contributed by atoms with Crippen molar-refractivity contribution in [3.05, 3.63) is 53.9 Å². The van der Waals surface area contributed by atoms with Gasteiger partial charge in [-0.25, -0.2) is 0 Å². The van der Waals surface area contributed by atoms with Gasteiger partial charge in [-0.1, -0.05) is 37.3 Å². The maximum absolute atomic E-state index is 12.1. The minimum atomic E-state index is -0.165. The molecule has 2 rings (SSSR count). The highest BCUT2D eigenvalue weighted by Crippen LogP contribution is 2.06. The van der Waals surface area contributed by atoms with E-state index in [-0.39, 0.29) is 24.5 Å². The fraction of sp³-hybridized carbons (Fsp3) is 0.375. The number of carbonyl (C=O) groups excluding carboxylic acids is 1. The van der Waals surface area contributed by atoms with E-state index in [0.717, 1.165) is 5.56 Å². The number of aliphatic hydroxyl groups excluding tert-OH is 1. The summed E-state index contributed by atoms with van der Waals surface area (Å²) in [5.41, 5.74) is 1.66. The van der Waals surface area contributed by atoms with Crippen molar-refractivity contribution in [1.82, 2.24) is 15.1 Å². The van der Waals surface area contributed by atoms with Gasteiger partial charge in [0, 0.05) is 18.8 Å². The van der Waals surface area contributed by atoms with Crippen LogP contribution in [0.5, 0.6) is 0 Å². The first-order chi connectivity index (χ1) is 10.1. The molecule has 2 N–H and O–H groups in total. The van der Waals surface area contributed by atoms with Gasteiger partial charge >= 0.3 is 0 Å². The maximum atomic E-state index is 12.1. The molecule has 0 saturated heterocycles. The molecule has 2 atom stereocenters. The second-order valence-corrected chi connectivity index (χ2v) is 5.33. The summed E-state index contributed by atoms with van der Waals surface area (Å²) in [5.74, 6) is -0.143. The smallest absolute Gasteiger partial charge is 0.254 e. The van der Waals surface area contributed by atoms with E-state index in [2.05, 4.69) is 10.4 Å². The summed E-state index contributed by atoms with van der Waals surface area (Å²) in [7, 11) is 0. The predicted octanol–water partition coefficient (Wildman–Crippen LogP) is 1.68. The minimum Gasteiger partial charge on any atom is -0.396 e. The number of nitrogens with one attached hydrogen (secondary N) is 1. The Morgan fingerprint density at radius 2 is 2.05 bits per heavy atom. The molecule has 0 aliphatic heterocycles. The quantitative estimate of drug-likeness (QED) is 0.849. The van der Waals surface area contributed by atoms with Gasteiger partial charge in [-0.2, -0.15) is 5.10 Å². The van der Waals surface area contributed by atoms with E-state index in [0.29, 0.717) is 12.1 Å². The van der Waals surface area contributed by atoms with Crippen molar-refractivity contribution < 1.29 is 9.90 Å². The van der Waals surface area contributed by atoms with Crippen LogP contribution in [-0.4, -0.2) is 33.4 Å².